The molecule has 1 atom stereocenters. The minimum absolute atomic E-state index is 0.0269. The first-order valence-corrected chi connectivity index (χ1v) is 8.66. The lowest BCUT2D eigenvalue weighted by Gasteiger charge is -2.31. The first kappa shape index (κ1) is 16.2. The smallest absolute Gasteiger partial charge is 0.253 e. The molecule has 1 aliphatic carbocycles. The summed E-state index contributed by atoms with van der Waals surface area (Å²) in [6, 6.07) is 3.76. The highest BCUT2D eigenvalue weighted by atomic mass is 16.3. The van der Waals surface area contributed by atoms with E-state index in [-0.39, 0.29) is 12.5 Å². The van der Waals surface area contributed by atoms with E-state index in [2.05, 4.69) is 22.1 Å². The number of nitrogens with zero attached hydrogens (tertiary/aromatic N) is 2. The van der Waals surface area contributed by atoms with Crippen molar-refractivity contribution in [1.82, 2.24) is 10.3 Å². The third-order valence-electron chi connectivity index (χ3n) is 5.32. The lowest BCUT2D eigenvalue weighted by molar-refractivity contribution is 0.0824. The molecule has 1 saturated carbocycles. The molecule has 1 amide bonds. The number of rotatable bonds is 5. The Kier molecular flexibility index (Phi) is 4.57. The number of hydrogen-bond donors (Lipinski definition) is 2. The molecule has 5 heteroatoms. The summed E-state index contributed by atoms with van der Waals surface area (Å²) < 4.78 is 0. The van der Waals surface area contributed by atoms with Crippen LogP contribution in [0.5, 0.6) is 0 Å². The molecule has 2 aliphatic rings. The van der Waals surface area contributed by atoms with Crippen LogP contribution in [0.4, 0.5) is 5.82 Å². The van der Waals surface area contributed by atoms with Crippen molar-refractivity contribution in [2.24, 2.45) is 11.8 Å². The number of aliphatic hydroxyl groups excluding tert-OH is 1. The van der Waals surface area contributed by atoms with Gasteiger partial charge in [-0.15, -0.1) is 0 Å². The molecule has 0 spiro atoms. The Morgan fingerprint density at radius 1 is 1.35 bits per heavy atom. The van der Waals surface area contributed by atoms with E-state index in [0.717, 1.165) is 37.7 Å². The van der Waals surface area contributed by atoms with Gasteiger partial charge >= 0.3 is 0 Å². The van der Waals surface area contributed by atoms with Crippen molar-refractivity contribution in [2.45, 2.75) is 45.1 Å². The SMILES string of the molecule is CC1CCN(c2ccc(C(=O)NC(C)(CO)C3CC3)cn2)CC1. The highest BCUT2D eigenvalue weighted by Gasteiger charge is 2.42. The van der Waals surface area contributed by atoms with Gasteiger partial charge in [0.15, 0.2) is 0 Å². The summed E-state index contributed by atoms with van der Waals surface area (Å²) in [5.41, 5.74) is 0.0399. The molecule has 2 N–H and O–H groups in total. The highest BCUT2D eigenvalue weighted by Crippen LogP contribution is 2.39. The zero-order valence-electron chi connectivity index (χ0n) is 14.1. The molecule has 5 nitrogen and oxygen atoms in total. The Hall–Kier alpha value is -1.62. The normalized spacial score (nSPS) is 21.8. The fourth-order valence-electron chi connectivity index (χ4n) is 3.27. The lowest BCUT2D eigenvalue weighted by Crippen LogP contribution is -2.50. The van der Waals surface area contributed by atoms with E-state index in [1.165, 1.54) is 12.8 Å². The summed E-state index contributed by atoms with van der Waals surface area (Å²) in [4.78, 5) is 19.2. The second-order valence-corrected chi connectivity index (χ2v) is 7.38. The van der Waals surface area contributed by atoms with Crippen molar-refractivity contribution in [2.75, 3.05) is 24.6 Å². The average molecular weight is 317 g/mol. The molecule has 0 radical (unpaired) electrons. The van der Waals surface area contributed by atoms with E-state index in [4.69, 9.17) is 0 Å². The third-order valence-corrected chi connectivity index (χ3v) is 5.32. The molecule has 0 bridgehead atoms. The summed E-state index contributed by atoms with van der Waals surface area (Å²) in [5.74, 6) is 1.97. The van der Waals surface area contributed by atoms with Crippen molar-refractivity contribution >= 4 is 11.7 Å². The number of pyridine rings is 1. The minimum Gasteiger partial charge on any atom is -0.394 e. The summed E-state index contributed by atoms with van der Waals surface area (Å²) in [5, 5.41) is 12.6. The molecule has 2 fully saturated rings. The van der Waals surface area contributed by atoms with Gasteiger partial charge in [-0.3, -0.25) is 4.79 Å². The zero-order valence-corrected chi connectivity index (χ0v) is 14.1. The Balaban J connectivity index is 1.63. The largest absolute Gasteiger partial charge is 0.394 e. The van der Waals surface area contributed by atoms with Crippen LogP contribution in [0.25, 0.3) is 0 Å². The number of carbonyl (C=O) groups is 1. The van der Waals surface area contributed by atoms with Crippen LogP contribution < -0.4 is 10.2 Å². The van der Waals surface area contributed by atoms with E-state index < -0.39 is 5.54 Å². The lowest BCUT2D eigenvalue weighted by atomic mass is 9.96. The summed E-state index contributed by atoms with van der Waals surface area (Å²) in [7, 11) is 0. The predicted molar refractivity (Wildman–Crippen MR) is 90.5 cm³/mol. The predicted octanol–water partition coefficient (Wildman–Crippen LogP) is 2.21. The maximum Gasteiger partial charge on any atom is 0.253 e. The first-order chi connectivity index (χ1) is 11.0. The van der Waals surface area contributed by atoms with Gasteiger partial charge in [0.2, 0.25) is 0 Å². The fourth-order valence-corrected chi connectivity index (χ4v) is 3.27. The molecule has 0 aromatic carbocycles. The first-order valence-electron chi connectivity index (χ1n) is 8.66. The van der Waals surface area contributed by atoms with Gasteiger partial charge in [-0.2, -0.15) is 0 Å². The van der Waals surface area contributed by atoms with Gasteiger partial charge in [0.1, 0.15) is 5.82 Å². The molecule has 1 saturated heterocycles. The highest BCUT2D eigenvalue weighted by molar-refractivity contribution is 5.94. The topological polar surface area (TPSA) is 65.5 Å². The summed E-state index contributed by atoms with van der Waals surface area (Å²) in [6.45, 7) is 6.24. The fraction of sp³-hybridized carbons (Fsp3) is 0.667. The van der Waals surface area contributed by atoms with Crippen LogP contribution in [-0.2, 0) is 0 Å². The molecular weight excluding hydrogens is 290 g/mol. The molecular formula is C18H27N3O2. The van der Waals surface area contributed by atoms with Crippen LogP contribution >= 0.6 is 0 Å². The van der Waals surface area contributed by atoms with Crippen LogP contribution in [0, 0.1) is 11.8 Å². The maximum absolute atomic E-state index is 12.4. The van der Waals surface area contributed by atoms with Crippen molar-refractivity contribution in [1.29, 1.82) is 0 Å². The number of carbonyl (C=O) groups excluding carboxylic acids is 1. The average Bonchev–Trinajstić information content (AvgIpc) is 3.41. The van der Waals surface area contributed by atoms with E-state index in [0.29, 0.717) is 11.5 Å². The molecule has 1 aliphatic heterocycles. The van der Waals surface area contributed by atoms with Crippen LogP contribution in [0.1, 0.15) is 49.9 Å². The van der Waals surface area contributed by atoms with Gasteiger partial charge in [-0.25, -0.2) is 4.98 Å². The maximum atomic E-state index is 12.4. The van der Waals surface area contributed by atoms with Crippen molar-refractivity contribution in [3.8, 4) is 0 Å². The Morgan fingerprint density at radius 3 is 2.57 bits per heavy atom. The molecule has 1 aromatic heterocycles. The summed E-state index contributed by atoms with van der Waals surface area (Å²) in [6.07, 6.45) is 6.18. The van der Waals surface area contributed by atoms with Gasteiger partial charge in [0.05, 0.1) is 17.7 Å². The number of amides is 1. The second kappa shape index (κ2) is 6.48. The van der Waals surface area contributed by atoms with Gasteiger partial charge in [-0.1, -0.05) is 6.92 Å². The van der Waals surface area contributed by atoms with Crippen LogP contribution in [0.2, 0.25) is 0 Å². The molecule has 2 heterocycles. The Bertz CT molecular complexity index is 548. The van der Waals surface area contributed by atoms with E-state index in [1.54, 1.807) is 6.20 Å². The Morgan fingerprint density at radius 2 is 2.04 bits per heavy atom. The number of aromatic nitrogens is 1. The quantitative estimate of drug-likeness (QED) is 0.874. The van der Waals surface area contributed by atoms with Gasteiger partial charge in [0, 0.05) is 19.3 Å². The number of hydrogen-bond acceptors (Lipinski definition) is 4. The van der Waals surface area contributed by atoms with Crippen LogP contribution in [-0.4, -0.2) is 41.2 Å². The minimum atomic E-state index is -0.515. The van der Waals surface area contributed by atoms with E-state index in [1.807, 2.05) is 19.1 Å². The molecule has 1 aromatic rings. The van der Waals surface area contributed by atoms with Crippen LogP contribution in [0.15, 0.2) is 18.3 Å². The van der Waals surface area contributed by atoms with Crippen LogP contribution in [0.3, 0.4) is 0 Å². The van der Waals surface area contributed by atoms with Crippen molar-refractivity contribution in [3.05, 3.63) is 23.9 Å². The molecule has 23 heavy (non-hydrogen) atoms. The third kappa shape index (κ3) is 3.66. The Labute approximate surface area is 138 Å². The van der Waals surface area contributed by atoms with Gasteiger partial charge in [-0.05, 0) is 56.6 Å². The molecule has 1 unspecified atom stereocenters. The molecule has 126 valence electrons. The van der Waals surface area contributed by atoms with Crippen molar-refractivity contribution in [3.63, 3.8) is 0 Å². The summed E-state index contributed by atoms with van der Waals surface area (Å²) >= 11 is 0. The molecule has 3 rings (SSSR count). The monoisotopic (exact) mass is 317 g/mol. The van der Waals surface area contributed by atoms with Crippen molar-refractivity contribution < 1.29 is 9.90 Å². The van der Waals surface area contributed by atoms with E-state index in [9.17, 15) is 9.90 Å². The second-order valence-electron chi connectivity index (χ2n) is 7.38. The van der Waals surface area contributed by atoms with E-state index >= 15 is 0 Å². The standard InChI is InChI=1S/C18H27N3O2/c1-13-7-9-21(10-8-13)16-6-3-14(11-19-16)17(23)20-18(2,12-22)15-4-5-15/h3,6,11,13,15,22H,4-5,7-10,12H2,1-2H3,(H,20,23). The van der Waals surface area contributed by atoms with Gasteiger partial charge in [0.25, 0.3) is 5.91 Å². The zero-order chi connectivity index (χ0) is 16.4. The number of piperidine rings is 1. The number of anilines is 1. The number of aliphatic hydroxyl groups is 1. The number of nitrogens with one attached hydrogen (secondary N) is 1. The van der Waals surface area contributed by atoms with Gasteiger partial charge < -0.3 is 15.3 Å².